The van der Waals surface area contributed by atoms with Crippen LogP contribution in [0, 0.1) is 0 Å². The molecule has 0 fully saturated rings. The molecule has 0 atom stereocenters. The van der Waals surface area contributed by atoms with E-state index in [4.69, 9.17) is 16.0 Å². The number of aryl methyl sites for hydroxylation is 1. The summed E-state index contributed by atoms with van der Waals surface area (Å²) in [6.45, 7) is 0. The molecule has 0 aliphatic carbocycles. The van der Waals surface area contributed by atoms with E-state index >= 15 is 0 Å². The van der Waals surface area contributed by atoms with Gasteiger partial charge in [-0.15, -0.1) is 0 Å². The zero-order chi connectivity index (χ0) is 19.0. The quantitative estimate of drug-likeness (QED) is 0.536. The molecule has 2 aromatic heterocycles. The molecule has 27 heavy (non-hydrogen) atoms. The van der Waals surface area contributed by atoms with E-state index in [1.54, 1.807) is 72.5 Å². The predicted molar refractivity (Wildman–Crippen MR) is 102 cm³/mol. The number of fused-ring (bicyclic) bond motifs is 1. The van der Waals surface area contributed by atoms with E-state index in [0.29, 0.717) is 27.7 Å². The summed E-state index contributed by atoms with van der Waals surface area (Å²) in [7, 11) is 1.76. The number of carbonyl (C=O) groups excluding carboxylic acids is 2. The summed E-state index contributed by atoms with van der Waals surface area (Å²) in [4.78, 5) is 28.9. The summed E-state index contributed by atoms with van der Waals surface area (Å²) < 4.78 is 7.20. The maximum Gasteiger partial charge on any atom is 0.291 e. The number of amides is 1. The first kappa shape index (κ1) is 17.1. The van der Waals surface area contributed by atoms with Gasteiger partial charge in [0.15, 0.2) is 11.6 Å². The molecule has 0 aliphatic heterocycles. The largest absolute Gasteiger partial charge is 0.451 e. The number of rotatable bonds is 4. The molecule has 6 nitrogen and oxygen atoms in total. The first-order valence-corrected chi connectivity index (χ1v) is 8.51. The number of hydrogen-bond donors (Lipinski definition) is 1. The molecular weight excluding hydrogens is 366 g/mol. The van der Waals surface area contributed by atoms with Crippen LogP contribution in [0.25, 0.3) is 11.0 Å². The number of furan rings is 1. The van der Waals surface area contributed by atoms with E-state index in [1.165, 1.54) is 0 Å². The minimum Gasteiger partial charge on any atom is -0.451 e. The molecule has 7 heteroatoms. The maximum atomic E-state index is 12.4. The molecule has 0 bridgehead atoms. The third-order valence-electron chi connectivity index (χ3n) is 4.13. The van der Waals surface area contributed by atoms with Crippen LogP contribution in [0.15, 0.2) is 65.3 Å². The first-order valence-electron chi connectivity index (χ1n) is 8.14. The highest BCUT2D eigenvalue weighted by atomic mass is 35.5. The number of benzene rings is 2. The topological polar surface area (TPSA) is 77.1 Å². The second kappa shape index (κ2) is 6.74. The third kappa shape index (κ3) is 3.35. The standard InChI is InChI=1S/C20H14ClN3O3/c1-24-9-8-22-19(24)18(25)12-2-5-15(6-3-12)23-20(26)17-11-13-10-14(21)4-7-16(13)27-17/h2-11H,1H3,(H,23,26). The summed E-state index contributed by atoms with van der Waals surface area (Å²) in [5.74, 6) is -0.0341. The molecular formula is C20H14ClN3O3. The molecule has 2 aromatic carbocycles. The van der Waals surface area contributed by atoms with Gasteiger partial charge >= 0.3 is 0 Å². The first-order chi connectivity index (χ1) is 13.0. The molecule has 0 saturated heterocycles. The maximum absolute atomic E-state index is 12.4. The van der Waals surface area contributed by atoms with Crippen LogP contribution < -0.4 is 5.32 Å². The average molecular weight is 380 g/mol. The smallest absolute Gasteiger partial charge is 0.291 e. The Hall–Kier alpha value is -3.38. The Morgan fingerprint density at radius 3 is 2.59 bits per heavy atom. The molecule has 134 valence electrons. The van der Waals surface area contributed by atoms with E-state index in [-0.39, 0.29) is 17.5 Å². The average Bonchev–Trinajstić information content (AvgIpc) is 3.27. The summed E-state index contributed by atoms with van der Waals surface area (Å²) in [6.07, 6.45) is 3.28. The molecule has 1 amide bonds. The number of ketones is 1. The zero-order valence-corrected chi connectivity index (χ0v) is 15.0. The van der Waals surface area contributed by atoms with Gasteiger partial charge in [-0.1, -0.05) is 11.6 Å². The van der Waals surface area contributed by atoms with Crippen LogP contribution >= 0.6 is 11.6 Å². The highest BCUT2D eigenvalue weighted by Gasteiger charge is 2.15. The van der Waals surface area contributed by atoms with Crippen molar-refractivity contribution in [2.75, 3.05) is 5.32 Å². The summed E-state index contributed by atoms with van der Waals surface area (Å²) in [6, 6.07) is 13.4. The third-order valence-corrected chi connectivity index (χ3v) is 4.37. The van der Waals surface area contributed by atoms with Gasteiger partial charge in [0.25, 0.3) is 5.91 Å². The molecule has 0 saturated carbocycles. The fourth-order valence-electron chi connectivity index (χ4n) is 2.74. The van der Waals surface area contributed by atoms with Gasteiger partial charge in [-0.3, -0.25) is 9.59 Å². The van der Waals surface area contributed by atoms with Gasteiger partial charge in [0.1, 0.15) is 5.58 Å². The fourth-order valence-corrected chi connectivity index (χ4v) is 2.92. The minimum absolute atomic E-state index is 0.181. The Bertz CT molecular complexity index is 1160. The van der Waals surface area contributed by atoms with Crippen LogP contribution in [-0.2, 0) is 7.05 Å². The number of nitrogens with zero attached hydrogens (tertiary/aromatic N) is 2. The number of nitrogens with one attached hydrogen (secondary N) is 1. The lowest BCUT2D eigenvalue weighted by Crippen LogP contribution is -2.12. The molecule has 1 N–H and O–H groups in total. The molecule has 0 aliphatic rings. The molecule has 0 radical (unpaired) electrons. The molecule has 4 rings (SSSR count). The summed E-state index contributed by atoms with van der Waals surface area (Å²) in [5.41, 5.74) is 1.62. The molecule has 0 spiro atoms. The summed E-state index contributed by atoms with van der Waals surface area (Å²) >= 11 is 5.95. The Kier molecular flexibility index (Phi) is 4.25. The van der Waals surface area contributed by atoms with Crippen LogP contribution in [-0.4, -0.2) is 21.2 Å². The lowest BCUT2D eigenvalue weighted by Gasteiger charge is -2.05. The van der Waals surface area contributed by atoms with Crippen molar-refractivity contribution in [1.82, 2.24) is 9.55 Å². The Balaban J connectivity index is 1.51. The van der Waals surface area contributed by atoms with Gasteiger partial charge in [0.05, 0.1) is 0 Å². The van der Waals surface area contributed by atoms with Crippen molar-refractivity contribution in [3.8, 4) is 0 Å². The lowest BCUT2D eigenvalue weighted by atomic mass is 10.1. The van der Waals surface area contributed by atoms with Crippen molar-refractivity contribution in [3.05, 3.63) is 83.1 Å². The van der Waals surface area contributed by atoms with E-state index in [9.17, 15) is 9.59 Å². The van der Waals surface area contributed by atoms with E-state index in [2.05, 4.69) is 10.3 Å². The molecule has 0 unspecified atom stereocenters. The highest BCUT2D eigenvalue weighted by Crippen LogP contribution is 2.24. The monoisotopic (exact) mass is 379 g/mol. The predicted octanol–water partition coefficient (Wildman–Crippen LogP) is 4.30. The van der Waals surface area contributed by atoms with E-state index in [1.807, 2.05) is 0 Å². The summed E-state index contributed by atoms with van der Waals surface area (Å²) in [5, 5.41) is 4.07. The fraction of sp³-hybridized carbons (Fsp3) is 0.0500. The van der Waals surface area contributed by atoms with Crippen LogP contribution in [0.3, 0.4) is 0 Å². The number of aromatic nitrogens is 2. The van der Waals surface area contributed by atoms with Gasteiger partial charge in [-0.05, 0) is 48.5 Å². The SMILES string of the molecule is Cn1ccnc1C(=O)c1ccc(NC(=O)c2cc3cc(Cl)ccc3o2)cc1. The number of carbonyl (C=O) groups is 2. The molecule has 4 aromatic rings. The van der Waals surface area contributed by atoms with Gasteiger partial charge < -0.3 is 14.3 Å². The van der Waals surface area contributed by atoms with Gasteiger partial charge in [0.2, 0.25) is 5.78 Å². The number of anilines is 1. The Labute approximate surface area is 159 Å². The van der Waals surface area contributed by atoms with Crippen LogP contribution in [0.2, 0.25) is 5.02 Å². The minimum atomic E-state index is -0.384. The highest BCUT2D eigenvalue weighted by molar-refractivity contribution is 6.31. The van der Waals surface area contributed by atoms with Gasteiger partial charge in [0, 0.05) is 41.1 Å². The normalized spacial score (nSPS) is 10.9. The number of hydrogen-bond acceptors (Lipinski definition) is 4. The Morgan fingerprint density at radius 1 is 1.11 bits per heavy atom. The lowest BCUT2D eigenvalue weighted by molar-refractivity contribution is 0.0997. The number of halogens is 1. The Morgan fingerprint density at radius 2 is 1.89 bits per heavy atom. The zero-order valence-electron chi connectivity index (χ0n) is 14.3. The van der Waals surface area contributed by atoms with Crippen LogP contribution in [0.4, 0.5) is 5.69 Å². The van der Waals surface area contributed by atoms with Gasteiger partial charge in [-0.25, -0.2) is 4.98 Å². The van der Waals surface area contributed by atoms with Crippen LogP contribution in [0.1, 0.15) is 26.7 Å². The number of imidazole rings is 1. The van der Waals surface area contributed by atoms with Crippen molar-refractivity contribution >= 4 is 39.9 Å². The van der Waals surface area contributed by atoms with Crippen molar-refractivity contribution in [2.24, 2.45) is 7.05 Å². The van der Waals surface area contributed by atoms with E-state index in [0.717, 1.165) is 5.39 Å². The van der Waals surface area contributed by atoms with Crippen molar-refractivity contribution in [2.45, 2.75) is 0 Å². The van der Waals surface area contributed by atoms with E-state index < -0.39 is 0 Å². The van der Waals surface area contributed by atoms with Crippen molar-refractivity contribution in [1.29, 1.82) is 0 Å². The van der Waals surface area contributed by atoms with Crippen molar-refractivity contribution < 1.29 is 14.0 Å². The molecule has 2 heterocycles. The second-order valence-electron chi connectivity index (χ2n) is 6.02. The van der Waals surface area contributed by atoms with Crippen molar-refractivity contribution in [3.63, 3.8) is 0 Å². The van der Waals surface area contributed by atoms with Gasteiger partial charge in [-0.2, -0.15) is 0 Å². The second-order valence-corrected chi connectivity index (χ2v) is 6.45. The van der Waals surface area contributed by atoms with Crippen LogP contribution in [0.5, 0.6) is 0 Å².